The zero-order chi connectivity index (χ0) is 15.8. The molecule has 2 rings (SSSR count). The van der Waals surface area contributed by atoms with E-state index in [9.17, 15) is 4.79 Å². The third-order valence-electron chi connectivity index (χ3n) is 4.44. The van der Waals surface area contributed by atoms with Crippen LogP contribution in [0.3, 0.4) is 0 Å². The second-order valence-corrected chi connectivity index (χ2v) is 6.27. The van der Waals surface area contributed by atoms with Crippen LogP contribution in [0.1, 0.15) is 32.3 Å². The van der Waals surface area contributed by atoms with Crippen LogP contribution in [0.2, 0.25) is 0 Å². The van der Waals surface area contributed by atoms with Crippen LogP contribution in [-0.4, -0.2) is 54.5 Å². The molecule has 1 N–H and O–H groups in total. The van der Waals surface area contributed by atoms with Gasteiger partial charge in [-0.15, -0.1) is 0 Å². The van der Waals surface area contributed by atoms with Crippen LogP contribution in [0.25, 0.3) is 0 Å². The molecular formula is C18H29N3O. The lowest BCUT2D eigenvalue weighted by Gasteiger charge is -2.26. The SMILES string of the molecule is CC(=O)NCCCN1CC[C@@H](C)N(Cc2ccccc2)CC1. The van der Waals surface area contributed by atoms with Crippen molar-refractivity contribution in [1.29, 1.82) is 0 Å². The number of amides is 1. The minimum absolute atomic E-state index is 0.0681. The molecule has 0 radical (unpaired) electrons. The maximum absolute atomic E-state index is 10.9. The highest BCUT2D eigenvalue weighted by atomic mass is 16.1. The Bertz CT molecular complexity index is 449. The second kappa shape index (κ2) is 8.91. The third kappa shape index (κ3) is 5.78. The van der Waals surface area contributed by atoms with Gasteiger partial charge >= 0.3 is 0 Å². The van der Waals surface area contributed by atoms with Gasteiger partial charge in [-0.3, -0.25) is 9.69 Å². The number of carbonyl (C=O) groups is 1. The van der Waals surface area contributed by atoms with Crippen LogP contribution in [0.5, 0.6) is 0 Å². The van der Waals surface area contributed by atoms with Gasteiger partial charge in [0.2, 0.25) is 5.91 Å². The number of hydrogen-bond donors (Lipinski definition) is 1. The first-order chi connectivity index (χ1) is 10.6. The zero-order valence-corrected chi connectivity index (χ0v) is 13.9. The molecule has 122 valence electrons. The van der Waals surface area contributed by atoms with Gasteiger partial charge < -0.3 is 10.2 Å². The van der Waals surface area contributed by atoms with Gasteiger partial charge in [0.1, 0.15) is 0 Å². The molecule has 0 saturated carbocycles. The van der Waals surface area contributed by atoms with Crippen molar-refractivity contribution in [2.75, 3.05) is 32.7 Å². The Balaban J connectivity index is 1.76. The lowest BCUT2D eigenvalue weighted by Crippen LogP contribution is -2.34. The van der Waals surface area contributed by atoms with E-state index in [-0.39, 0.29) is 5.91 Å². The van der Waals surface area contributed by atoms with Crippen LogP contribution < -0.4 is 5.32 Å². The third-order valence-corrected chi connectivity index (χ3v) is 4.44. The fourth-order valence-corrected chi connectivity index (χ4v) is 3.00. The molecule has 0 spiro atoms. The minimum Gasteiger partial charge on any atom is -0.356 e. The molecule has 1 aromatic carbocycles. The Labute approximate surface area is 134 Å². The first kappa shape index (κ1) is 17.0. The standard InChI is InChI=1S/C18H29N3O/c1-16-9-12-20(11-6-10-19-17(2)22)13-14-21(16)15-18-7-4-3-5-8-18/h3-5,7-8,16H,6,9-15H2,1-2H3,(H,19,22)/t16-/m1/s1. The Kier molecular flexibility index (Phi) is 6.87. The topological polar surface area (TPSA) is 35.6 Å². The van der Waals surface area contributed by atoms with Crippen LogP contribution in [0.4, 0.5) is 0 Å². The molecule has 1 aliphatic heterocycles. The maximum atomic E-state index is 10.9. The van der Waals surface area contributed by atoms with Crippen molar-refractivity contribution >= 4 is 5.91 Å². The van der Waals surface area contributed by atoms with Crippen molar-refractivity contribution in [2.45, 2.75) is 39.3 Å². The van der Waals surface area contributed by atoms with E-state index < -0.39 is 0 Å². The van der Waals surface area contributed by atoms with Crippen molar-refractivity contribution in [3.05, 3.63) is 35.9 Å². The van der Waals surface area contributed by atoms with E-state index in [1.54, 1.807) is 6.92 Å². The Morgan fingerprint density at radius 2 is 2.00 bits per heavy atom. The van der Waals surface area contributed by atoms with E-state index in [1.165, 1.54) is 12.0 Å². The van der Waals surface area contributed by atoms with Gasteiger partial charge in [0, 0.05) is 39.1 Å². The lowest BCUT2D eigenvalue weighted by atomic mass is 10.1. The van der Waals surface area contributed by atoms with Gasteiger partial charge in [0.15, 0.2) is 0 Å². The van der Waals surface area contributed by atoms with Gasteiger partial charge in [-0.05, 0) is 38.4 Å². The highest BCUT2D eigenvalue weighted by molar-refractivity contribution is 5.72. The van der Waals surface area contributed by atoms with Gasteiger partial charge in [-0.2, -0.15) is 0 Å². The highest BCUT2D eigenvalue weighted by Crippen LogP contribution is 2.14. The highest BCUT2D eigenvalue weighted by Gasteiger charge is 2.20. The van der Waals surface area contributed by atoms with Crippen LogP contribution >= 0.6 is 0 Å². The molecule has 1 aromatic rings. The van der Waals surface area contributed by atoms with Crippen molar-refractivity contribution < 1.29 is 4.79 Å². The number of rotatable bonds is 6. The Morgan fingerprint density at radius 1 is 1.23 bits per heavy atom. The zero-order valence-electron chi connectivity index (χ0n) is 13.9. The quantitative estimate of drug-likeness (QED) is 0.818. The number of benzene rings is 1. The average Bonchev–Trinajstić information content (AvgIpc) is 2.68. The molecule has 0 aromatic heterocycles. The summed E-state index contributed by atoms with van der Waals surface area (Å²) in [6, 6.07) is 11.4. The summed E-state index contributed by atoms with van der Waals surface area (Å²) in [4.78, 5) is 16.0. The fraction of sp³-hybridized carbons (Fsp3) is 0.611. The van der Waals surface area contributed by atoms with Crippen molar-refractivity contribution in [3.8, 4) is 0 Å². The molecule has 1 atom stereocenters. The van der Waals surface area contributed by atoms with E-state index in [4.69, 9.17) is 0 Å². The largest absolute Gasteiger partial charge is 0.356 e. The Hall–Kier alpha value is -1.39. The summed E-state index contributed by atoms with van der Waals surface area (Å²) in [5, 5.41) is 2.87. The first-order valence-corrected chi connectivity index (χ1v) is 8.40. The van der Waals surface area contributed by atoms with Gasteiger partial charge in [-0.1, -0.05) is 30.3 Å². The molecule has 4 heteroatoms. The van der Waals surface area contributed by atoms with Crippen LogP contribution in [0.15, 0.2) is 30.3 Å². The van der Waals surface area contributed by atoms with Gasteiger partial charge in [0.25, 0.3) is 0 Å². The predicted molar refractivity (Wildman–Crippen MR) is 90.7 cm³/mol. The molecule has 0 bridgehead atoms. The molecule has 1 aliphatic rings. The summed E-state index contributed by atoms with van der Waals surface area (Å²) in [7, 11) is 0. The van der Waals surface area contributed by atoms with E-state index in [2.05, 4.69) is 52.4 Å². The van der Waals surface area contributed by atoms with Gasteiger partial charge in [-0.25, -0.2) is 0 Å². The molecule has 0 aliphatic carbocycles. The van der Waals surface area contributed by atoms with E-state index in [1.807, 2.05) is 0 Å². The molecule has 1 fully saturated rings. The fourth-order valence-electron chi connectivity index (χ4n) is 3.00. The molecular weight excluding hydrogens is 274 g/mol. The summed E-state index contributed by atoms with van der Waals surface area (Å²) in [5.41, 5.74) is 1.40. The summed E-state index contributed by atoms with van der Waals surface area (Å²) < 4.78 is 0. The normalized spacial score (nSPS) is 20.5. The van der Waals surface area contributed by atoms with E-state index in [0.29, 0.717) is 6.04 Å². The Morgan fingerprint density at radius 3 is 2.73 bits per heavy atom. The van der Waals surface area contributed by atoms with E-state index >= 15 is 0 Å². The molecule has 1 heterocycles. The van der Waals surface area contributed by atoms with Crippen molar-refractivity contribution in [3.63, 3.8) is 0 Å². The number of carbonyl (C=O) groups excluding carboxylic acids is 1. The predicted octanol–water partition coefficient (Wildman–Crippen LogP) is 2.11. The molecule has 1 amide bonds. The monoisotopic (exact) mass is 303 g/mol. The first-order valence-electron chi connectivity index (χ1n) is 8.40. The summed E-state index contributed by atoms with van der Waals surface area (Å²) in [6.45, 7) is 10.2. The van der Waals surface area contributed by atoms with Crippen LogP contribution in [0, 0.1) is 0 Å². The second-order valence-electron chi connectivity index (χ2n) is 6.27. The molecule has 1 saturated heterocycles. The van der Waals surface area contributed by atoms with Crippen LogP contribution in [-0.2, 0) is 11.3 Å². The number of nitrogens with zero attached hydrogens (tertiary/aromatic N) is 2. The van der Waals surface area contributed by atoms with Gasteiger partial charge in [0.05, 0.1) is 0 Å². The van der Waals surface area contributed by atoms with Crippen molar-refractivity contribution in [2.24, 2.45) is 0 Å². The molecule has 0 unspecified atom stereocenters. The minimum atomic E-state index is 0.0681. The van der Waals surface area contributed by atoms with E-state index in [0.717, 1.165) is 45.7 Å². The summed E-state index contributed by atoms with van der Waals surface area (Å²) >= 11 is 0. The molecule has 22 heavy (non-hydrogen) atoms. The lowest BCUT2D eigenvalue weighted by molar-refractivity contribution is -0.118. The number of nitrogens with one attached hydrogen (secondary N) is 1. The maximum Gasteiger partial charge on any atom is 0.216 e. The number of hydrogen-bond acceptors (Lipinski definition) is 3. The molecule has 4 nitrogen and oxygen atoms in total. The summed E-state index contributed by atoms with van der Waals surface area (Å²) in [5.74, 6) is 0.0681. The smallest absolute Gasteiger partial charge is 0.216 e. The average molecular weight is 303 g/mol. The van der Waals surface area contributed by atoms with Crippen molar-refractivity contribution in [1.82, 2.24) is 15.1 Å². The summed E-state index contributed by atoms with van der Waals surface area (Å²) in [6.07, 6.45) is 2.25.